The second kappa shape index (κ2) is 10.5. The molecule has 3 aromatic heterocycles. The van der Waals surface area contributed by atoms with Gasteiger partial charge in [-0.2, -0.15) is 19.1 Å². The third-order valence-corrected chi connectivity index (χ3v) is 7.38. The Hall–Kier alpha value is -4.45. The van der Waals surface area contributed by atoms with Gasteiger partial charge in [0.15, 0.2) is 5.75 Å². The van der Waals surface area contributed by atoms with Crippen molar-refractivity contribution in [1.82, 2.24) is 19.5 Å². The fourth-order valence-electron chi connectivity index (χ4n) is 5.46. The van der Waals surface area contributed by atoms with Gasteiger partial charge >= 0.3 is 6.61 Å². The van der Waals surface area contributed by atoms with Crippen LogP contribution in [0.3, 0.4) is 0 Å². The summed E-state index contributed by atoms with van der Waals surface area (Å²) >= 11 is 0. The molecule has 6 heterocycles. The molecule has 2 atom stereocenters. The van der Waals surface area contributed by atoms with E-state index in [1.165, 1.54) is 12.3 Å². The second-order valence-corrected chi connectivity index (χ2v) is 11.0. The number of nitrogens with zero attached hydrogens (tertiary/aromatic N) is 6. The number of aromatic nitrogens is 3. The first-order chi connectivity index (χ1) is 19.7. The van der Waals surface area contributed by atoms with Crippen LogP contribution in [-0.2, 0) is 6.54 Å². The summed E-state index contributed by atoms with van der Waals surface area (Å²) in [6.07, 6.45) is 6.11. The van der Waals surface area contributed by atoms with Crippen molar-refractivity contribution in [2.75, 3.05) is 24.6 Å². The minimum atomic E-state index is -2.88. The van der Waals surface area contributed by atoms with Crippen LogP contribution >= 0.6 is 0 Å². The molecule has 0 spiro atoms. The molecule has 1 N–H and O–H groups in total. The predicted molar refractivity (Wildman–Crippen MR) is 146 cm³/mol. The number of hydrogen-bond donors (Lipinski definition) is 1. The maximum atomic E-state index is 12.4. The number of hydrogen-bond acceptors (Lipinski definition) is 8. The molecule has 3 fully saturated rings. The van der Waals surface area contributed by atoms with Crippen molar-refractivity contribution < 1.29 is 23.4 Å². The van der Waals surface area contributed by atoms with Crippen LogP contribution in [0, 0.1) is 23.5 Å². The minimum Gasteiger partial charge on any atom is -0.489 e. The number of piperazine rings is 1. The Kier molecular flexibility index (Phi) is 6.86. The number of nitriles is 1. The van der Waals surface area contributed by atoms with Crippen LogP contribution in [0.1, 0.15) is 31.4 Å². The zero-order chi connectivity index (χ0) is 28.7. The monoisotopic (exact) mass is 558 g/mol. The molecule has 9 nitrogen and oxygen atoms in total. The smallest absolute Gasteiger partial charge is 0.388 e. The molecular weight excluding hydrogens is 530 g/mol. The first-order valence-electron chi connectivity index (χ1n) is 13.3. The molecule has 4 aromatic rings. The Morgan fingerprint density at radius 3 is 2.61 bits per heavy atom. The molecule has 7 rings (SSSR count). The van der Waals surface area contributed by atoms with Crippen molar-refractivity contribution in [3.8, 4) is 28.7 Å². The Bertz CT molecular complexity index is 1570. The van der Waals surface area contributed by atoms with E-state index in [9.17, 15) is 19.1 Å². The molecule has 210 valence electrons. The summed E-state index contributed by atoms with van der Waals surface area (Å²) in [6, 6.07) is 17.6. The lowest BCUT2D eigenvalue weighted by Crippen LogP contribution is -2.68. The number of halogens is 2. The van der Waals surface area contributed by atoms with Crippen LogP contribution in [0.15, 0.2) is 48.9 Å². The average Bonchev–Trinajstić information content (AvgIpc) is 3.38. The van der Waals surface area contributed by atoms with Crippen LogP contribution in [0.25, 0.3) is 16.6 Å². The standard InChI is InChI=1S/C30H28F2N6O3/c1-30(2,39)18-40-25-10-26(28-21(11-33)13-35-38(28)17-25)20-5-8-27(34-12-20)36-15-22-9-23(16-36)37(22)14-19-3-6-24(7-4-19)41-29(31)32/h3,5-6,8,10,12-13,17,22-23,29,39H,9,14-16,18H2,1-2H3. The summed E-state index contributed by atoms with van der Waals surface area (Å²) in [4.78, 5) is 9.44. The lowest BCUT2D eigenvalue weighted by atomic mass is 9.87. The summed E-state index contributed by atoms with van der Waals surface area (Å²) in [6.45, 7) is 2.89. The molecule has 1 aromatic carbocycles. The number of piperidine rings is 1. The van der Waals surface area contributed by atoms with Gasteiger partial charge in [0.25, 0.3) is 0 Å². The van der Waals surface area contributed by atoms with Crippen molar-refractivity contribution in [1.29, 1.82) is 5.26 Å². The molecule has 3 saturated heterocycles. The molecule has 0 radical (unpaired) electrons. The molecule has 0 aliphatic carbocycles. The van der Waals surface area contributed by atoms with Gasteiger partial charge in [-0.3, -0.25) is 4.90 Å². The lowest BCUT2D eigenvalue weighted by Gasteiger charge is -2.56. The highest BCUT2D eigenvalue weighted by Crippen LogP contribution is 2.36. The zero-order valence-corrected chi connectivity index (χ0v) is 22.6. The van der Waals surface area contributed by atoms with Gasteiger partial charge in [0.2, 0.25) is 0 Å². The van der Waals surface area contributed by atoms with Crippen LogP contribution in [-0.4, -0.2) is 68.6 Å². The van der Waals surface area contributed by atoms with Gasteiger partial charge < -0.3 is 19.5 Å². The van der Waals surface area contributed by atoms with E-state index < -0.39 is 12.2 Å². The number of ether oxygens (including phenoxy) is 2. The number of fused-ring (bicyclic) bond motifs is 3. The topological polar surface area (TPSA) is 99.1 Å². The first-order valence-corrected chi connectivity index (χ1v) is 13.3. The molecule has 0 amide bonds. The average molecular weight is 559 g/mol. The number of pyridine rings is 2. The molecule has 2 bridgehead atoms. The number of anilines is 1. The highest BCUT2D eigenvalue weighted by Gasteiger charge is 2.44. The van der Waals surface area contributed by atoms with Gasteiger partial charge in [0.1, 0.15) is 24.2 Å². The van der Waals surface area contributed by atoms with Crippen LogP contribution < -0.4 is 14.4 Å². The maximum Gasteiger partial charge on any atom is 0.388 e. The Labute approximate surface area is 236 Å². The van der Waals surface area contributed by atoms with Gasteiger partial charge in [-0.15, -0.1) is 0 Å². The van der Waals surface area contributed by atoms with E-state index in [0.717, 1.165) is 42.0 Å². The van der Waals surface area contributed by atoms with Gasteiger partial charge in [-0.25, -0.2) is 9.50 Å². The molecule has 3 aliphatic heterocycles. The second-order valence-electron chi connectivity index (χ2n) is 11.0. The minimum absolute atomic E-state index is 0.0144. The third kappa shape index (κ3) is 5.60. The zero-order valence-electron chi connectivity index (χ0n) is 22.6. The van der Waals surface area contributed by atoms with Gasteiger partial charge in [-0.1, -0.05) is 6.07 Å². The summed E-state index contributed by atoms with van der Waals surface area (Å²) in [5.74, 6) is 1.38. The molecule has 0 saturated carbocycles. The van der Waals surface area contributed by atoms with Crippen molar-refractivity contribution in [2.45, 2.75) is 51.1 Å². The van der Waals surface area contributed by atoms with Gasteiger partial charge in [0.05, 0.1) is 29.1 Å². The molecule has 3 aliphatic rings. The molecular formula is C30H28F2N6O3. The van der Waals surface area contributed by atoms with E-state index in [1.54, 1.807) is 36.8 Å². The molecule has 41 heavy (non-hydrogen) atoms. The number of rotatable bonds is 9. The Balaban J connectivity index is 1.16. The Morgan fingerprint density at radius 1 is 1.17 bits per heavy atom. The third-order valence-electron chi connectivity index (χ3n) is 7.38. The van der Waals surface area contributed by atoms with E-state index >= 15 is 0 Å². The first kappa shape index (κ1) is 26.8. The van der Waals surface area contributed by atoms with Crippen molar-refractivity contribution >= 4 is 11.3 Å². The quantitative estimate of drug-likeness (QED) is 0.328. The summed E-state index contributed by atoms with van der Waals surface area (Å²) < 4.78 is 36.6. The van der Waals surface area contributed by atoms with Crippen LogP contribution in [0.2, 0.25) is 0 Å². The summed E-state index contributed by atoms with van der Waals surface area (Å²) in [7, 11) is 0. The van der Waals surface area contributed by atoms with Crippen LogP contribution in [0.4, 0.5) is 14.6 Å². The fourth-order valence-corrected chi connectivity index (χ4v) is 5.46. The van der Waals surface area contributed by atoms with E-state index in [0.29, 0.717) is 35.5 Å². The van der Waals surface area contributed by atoms with E-state index in [-0.39, 0.29) is 12.4 Å². The van der Waals surface area contributed by atoms with E-state index in [1.807, 2.05) is 18.2 Å². The predicted octanol–water partition coefficient (Wildman–Crippen LogP) is 4.08. The molecule has 11 heteroatoms. The highest BCUT2D eigenvalue weighted by atomic mass is 19.3. The van der Waals surface area contributed by atoms with Gasteiger partial charge in [0, 0.05) is 54.6 Å². The van der Waals surface area contributed by atoms with Gasteiger partial charge in [-0.05, 0) is 56.7 Å². The number of aliphatic hydroxyl groups is 1. The fraction of sp³-hybridized carbons (Fsp3) is 0.367. The SMILES string of the molecule is CC(C)(O)COc1cc(-c2ccc(N3CC4CC(C3)N4Cc3c#cc(OC(F)F)cc3)nc2)c2c(C#N)cnn2c1. The van der Waals surface area contributed by atoms with E-state index in [2.05, 4.69) is 37.8 Å². The van der Waals surface area contributed by atoms with E-state index in [4.69, 9.17) is 9.72 Å². The van der Waals surface area contributed by atoms with Crippen molar-refractivity contribution in [3.05, 3.63) is 72.2 Å². The largest absolute Gasteiger partial charge is 0.489 e. The Morgan fingerprint density at radius 2 is 1.98 bits per heavy atom. The molecule has 2 unspecified atom stereocenters. The van der Waals surface area contributed by atoms with Crippen molar-refractivity contribution in [2.24, 2.45) is 0 Å². The van der Waals surface area contributed by atoms with Crippen molar-refractivity contribution in [3.63, 3.8) is 0 Å². The summed E-state index contributed by atoms with van der Waals surface area (Å²) in [5, 5.41) is 24.0. The lowest BCUT2D eigenvalue weighted by molar-refractivity contribution is -0.0498. The van der Waals surface area contributed by atoms with Crippen LogP contribution in [0.5, 0.6) is 11.5 Å². The highest BCUT2D eigenvalue weighted by molar-refractivity contribution is 5.85. The normalized spacial score (nSPS) is 18.6. The maximum absolute atomic E-state index is 12.4. The number of alkyl halides is 2. The summed E-state index contributed by atoms with van der Waals surface area (Å²) in [5.41, 5.74) is 2.57.